The van der Waals surface area contributed by atoms with E-state index in [9.17, 15) is 23.6 Å². The van der Waals surface area contributed by atoms with E-state index in [1.165, 1.54) is 49.6 Å². The van der Waals surface area contributed by atoms with Gasteiger partial charge in [-0.1, -0.05) is 6.92 Å². The summed E-state index contributed by atoms with van der Waals surface area (Å²) in [7, 11) is 1.44. The summed E-state index contributed by atoms with van der Waals surface area (Å²) in [6.45, 7) is 4.07. The number of hydrogen-bond donors (Lipinski definition) is 2. The van der Waals surface area contributed by atoms with Gasteiger partial charge in [-0.15, -0.1) is 0 Å². The zero-order chi connectivity index (χ0) is 31.8. The summed E-state index contributed by atoms with van der Waals surface area (Å²) in [5, 5.41) is 4.81. The minimum atomic E-state index is -0.909. The third kappa shape index (κ3) is 7.64. The molecule has 3 aromatic rings. The van der Waals surface area contributed by atoms with E-state index in [1.54, 1.807) is 25.1 Å². The highest BCUT2D eigenvalue weighted by Gasteiger charge is 2.37. The molecule has 0 saturated carbocycles. The number of barbiturate groups is 1. The molecule has 0 aliphatic carbocycles. The number of urea groups is 1. The molecule has 0 atom stereocenters. The van der Waals surface area contributed by atoms with Gasteiger partial charge in [-0.3, -0.25) is 19.7 Å². The molecule has 1 fully saturated rings. The molecule has 0 aromatic heterocycles. The van der Waals surface area contributed by atoms with E-state index in [1.807, 2.05) is 29.5 Å². The summed E-state index contributed by atoms with van der Waals surface area (Å²) >= 11 is 1.98. The highest BCUT2D eigenvalue weighted by atomic mass is 127. The van der Waals surface area contributed by atoms with Gasteiger partial charge >= 0.3 is 6.03 Å². The van der Waals surface area contributed by atoms with Crippen LogP contribution in [0.25, 0.3) is 6.08 Å². The van der Waals surface area contributed by atoms with Gasteiger partial charge in [0.05, 0.1) is 29.6 Å². The van der Waals surface area contributed by atoms with Gasteiger partial charge < -0.3 is 24.3 Å². The van der Waals surface area contributed by atoms with Gasteiger partial charge in [0, 0.05) is 11.8 Å². The second kappa shape index (κ2) is 14.7. The second-order valence-corrected chi connectivity index (χ2v) is 10.4. The molecule has 0 radical (unpaired) electrons. The number of ether oxygens (including phenoxy) is 4. The molecule has 3 aromatic carbocycles. The normalized spacial score (nSPS) is 13.9. The first-order valence-electron chi connectivity index (χ1n) is 13.5. The number of rotatable bonds is 12. The average Bonchev–Trinajstić information content (AvgIpc) is 2.99. The minimum absolute atomic E-state index is 0.179. The number of imide groups is 2. The predicted octanol–water partition coefficient (Wildman–Crippen LogP) is 5.31. The first-order chi connectivity index (χ1) is 21.1. The van der Waals surface area contributed by atoms with E-state index in [0.717, 1.165) is 11.3 Å². The molecule has 5 amide bonds. The van der Waals surface area contributed by atoms with Gasteiger partial charge in [0.25, 0.3) is 17.7 Å². The third-order valence-electron chi connectivity index (χ3n) is 6.09. The Hall–Kier alpha value is -4.66. The van der Waals surface area contributed by atoms with Crippen LogP contribution in [0.2, 0.25) is 0 Å². The van der Waals surface area contributed by atoms with E-state index in [2.05, 4.69) is 10.6 Å². The minimum Gasteiger partial charge on any atom is -0.493 e. The first kappa shape index (κ1) is 32.3. The molecule has 1 saturated heterocycles. The fourth-order valence-corrected chi connectivity index (χ4v) is 4.91. The maximum absolute atomic E-state index is 13.5. The van der Waals surface area contributed by atoms with Crippen molar-refractivity contribution in [2.75, 3.05) is 37.1 Å². The number of benzene rings is 3. The Kier molecular flexibility index (Phi) is 10.8. The summed E-state index contributed by atoms with van der Waals surface area (Å²) in [6.07, 6.45) is 2.11. The standard InChI is InChI=1S/C31H29FIN3O8/c1-4-12-43-24-11-10-21(16-25(24)41-3)36-30(39)22(29(38)35-31(36)40)13-18-14-23(33)28(26(15-18)42-5-2)44-17-27(37)34-20-8-6-19(32)7-9-20/h6-11,13-16H,4-5,12,17H2,1-3H3,(H,34,37)(H,35,38,40)/b22-13-. The number of halogens is 2. The third-order valence-corrected chi connectivity index (χ3v) is 6.89. The van der Waals surface area contributed by atoms with Crippen molar-refractivity contribution in [2.24, 2.45) is 0 Å². The molecule has 1 aliphatic rings. The number of hydrogen-bond acceptors (Lipinski definition) is 8. The molecular weight excluding hydrogens is 688 g/mol. The van der Waals surface area contributed by atoms with Crippen molar-refractivity contribution < 1.29 is 42.5 Å². The Balaban J connectivity index is 1.58. The maximum atomic E-state index is 13.5. The number of nitrogens with zero attached hydrogens (tertiary/aromatic N) is 1. The van der Waals surface area contributed by atoms with Gasteiger partial charge in [0.2, 0.25) is 0 Å². The highest BCUT2D eigenvalue weighted by molar-refractivity contribution is 14.1. The highest BCUT2D eigenvalue weighted by Crippen LogP contribution is 2.36. The van der Waals surface area contributed by atoms with Gasteiger partial charge in [-0.05, 0) is 96.1 Å². The molecule has 44 heavy (non-hydrogen) atoms. The van der Waals surface area contributed by atoms with Crippen molar-refractivity contribution in [1.82, 2.24) is 5.32 Å². The van der Waals surface area contributed by atoms with Crippen LogP contribution in [0, 0.1) is 9.39 Å². The molecule has 1 heterocycles. The topological polar surface area (TPSA) is 132 Å². The summed E-state index contributed by atoms with van der Waals surface area (Å²) in [5.41, 5.74) is 0.706. The lowest BCUT2D eigenvalue weighted by Gasteiger charge is -2.27. The van der Waals surface area contributed by atoms with Crippen LogP contribution < -0.4 is 34.5 Å². The van der Waals surface area contributed by atoms with Gasteiger partial charge in [-0.25, -0.2) is 14.1 Å². The van der Waals surface area contributed by atoms with Crippen LogP contribution in [0.15, 0.2) is 60.2 Å². The fraction of sp³-hybridized carbons (Fsp3) is 0.226. The molecule has 11 nitrogen and oxygen atoms in total. The molecule has 0 spiro atoms. The zero-order valence-corrected chi connectivity index (χ0v) is 26.2. The smallest absolute Gasteiger partial charge is 0.335 e. The molecule has 0 unspecified atom stereocenters. The maximum Gasteiger partial charge on any atom is 0.335 e. The predicted molar refractivity (Wildman–Crippen MR) is 169 cm³/mol. The summed E-state index contributed by atoms with van der Waals surface area (Å²) < 4.78 is 36.2. The zero-order valence-electron chi connectivity index (χ0n) is 24.1. The van der Waals surface area contributed by atoms with Crippen molar-refractivity contribution >= 4 is 63.8 Å². The van der Waals surface area contributed by atoms with E-state index in [4.69, 9.17) is 18.9 Å². The number of nitrogens with one attached hydrogen (secondary N) is 2. The number of carbonyl (C=O) groups is 4. The molecular formula is C31H29FIN3O8. The largest absolute Gasteiger partial charge is 0.493 e. The lowest BCUT2D eigenvalue weighted by molar-refractivity contribution is -0.122. The van der Waals surface area contributed by atoms with Crippen LogP contribution in [0.5, 0.6) is 23.0 Å². The first-order valence-corrected chi connectivity index (χ1v) is 14.6. The van der Waals surface area contributed by atoms with Crippen molar-refractivity contribution in [3.05, 3.63) is 75.1 Å². The van der Waals surface area contributed by atoms with E-state index in [0.29, 0.717) is 32.9 Å². The number of methoxy groups -OCH3 is 1. The van der Waals surface area contributed by atoms with E-state index >= 15 is 0 Å². The molecule has 13 heteroatoms. The summed E-state index contributed by atoms with van der Waals surface area (Å²) in [4.78, 5) is 52.3. The second-order valence-electron chi connectivity index (χ2n) is 9.25. The van der Waals surface area contributed by atoms with Crippen LogP contribution in [-0.2, 0) is 14.4 Å². The van der Waals surface area contributed by atoms with E-state index in [-0.39, 0.29) is 36.0 Å². The van der Waals surface area contributed by atoms with Gasteiger partial charge in [0.1, 0.15) is 11.4 Å². The van der Waals surface area contributed by atoms with Crippen LogP contribution in [0.3, 0.4) is 0 Å². The molecule has 2 N–H and O–H groups in total. The van der Waals surface area contributed by atoms with Crippen LogP contribution >= 0.6 is 22.6 Å². The van der Waals surface area contributed by atoms with Crippen molar-refractivity contribution in [3.63, 3.8) is 0 Å². The van der Waals surface area contributed by atoms with Crippen molar-refractivity contribution in [2.45, 2.75) is 20.3 Å². The summed E-state index contributed by atoms with van der Waals surface area (Å²) in [5.74, 6) is -1.30. The van der Waals surface area contributed by atoms with E-state index < -0.39 is 29.6 Å². The van der Waals surface area contributed by atoms with Gasteiger partial charge in [0.15, 0.2) is 29.6 Å². The van der Waals surface area contributed by atoms with Crippen molar-refractivity contribution in [3.8, 4) is 23.0 Å². The summed E-state index contributed by atoms with van der Waals surface area (Å²) in [6, 6.07) is 12.2. The van der Waals surface area contributed by atoms with Crippen LogP contribution in [0.1, 0.15) is 25.8 Å². The molecule has 0 bridgehead atoms. The number of carbonyl (C=O) groups excluding carboxylic acids is 4. The Labute approximate surface area is 266 Å². The molecule has 4 rings (SSSR count). The number of anilines is 2. The Morgan fingerprint density at radius 3 is 2.41 bits per heavy atom. The van der Waals surface area contributed by atoms with Crippen molar-refractivity contribution in [1.29, 1.82) is 0 Å². The SMILES string of the molecule is CCCOc1ccc(N2C(=O)NC(=O)/C(=C/c3cc(I)c(OCC(=O)Nc4ccc(F)cc4)c(OCC)c3)C2=O)cc1OC. The Bertz CT molecular complexity index is 1610. The monoisotopic (exact) mass is 717 g/mol. The fourth-order valence-electron chi connectivity index (χ4n) is 4.13. The average molecular weight is 717 g/mol. The Morgan fingerprint density at radius 1 is 0.977 bits per heavy atom. The Morgan fingerprint density at radius 2 is 1.73 bits per heavy atom. The lowest BCUT2D eigenvalue weighted by atomic mass is 10.1. The van der Waals surface area contributed by atoms with Gasteiger partial charge in [-0.2, -0.15) is 0 Å². The lowest BCUT2D eigenvalue weighted by Crippen LogP contribution is -2.54. The quantitative estimate of drug-likeness (QED) is 0.147. The van der Waals surface area contributed by atoms with Crippen LogP contribution in [0.4, 0.5) is 20.6 Å². The van der Waals surface area contributed by atoms with Crippen LogP contribution in [-0.4, -0.2) is 50.7 Å². The number of amides is 5. The molecule has 1 aliphatic heterocycles. The molecule has 230 valence electrons.